The molecule has 0 unspecified atom stereocenters. The predicted octanol–water partition coefficient (Wildman–Crippen LogP) is 4.36. The molecule has 5 heteroatoms. The molecule has 1 N–H and O–H groups in total. The van der Waals surface area contributed by atoms with Gasteiger partial charge in [-0.25, -0.2) is 4.79 Å². The highest BCUT2D eigenvalue weighted by molar-refractivity contribution is 8.00. The van der Waals surface area contributed by atoms with Crippen LogP contribution in [0.15, 0.2) is 65.2 Å². The van der Waals surface area contributed by atoms with Crippen LogP contribution in [0.3, 0.4) is 0 Å². The molecule has 134 valence electrons. The first-order chi connectivity index (χ1) is 12.3. The Kier molecular flexibility index (Phi) is 4.92. The van der Waals surface area contributed by atoms with Crippen molar-refractivity contribution in [1.82, 2.24) is 0 Å². The van der Waals surface area contributed by atoms with E-state index in [4.69, 9.17) is 0 Å². The molecule has 1 aliphatic rings. The lowest BCUT2D eigenvalue weighted by molar-refractivity contribution is -0.112. The number of ketones is 1. The van der Waals surface area contributed by atoms with E-state index in [1.54, 1.807) is 30.3 Å². The SMILES string of the molecule is CN1/C(=C/C(=O)CSc2ccccc2C(=O)O)C(C)(C)c2ccccc21. The van der Waals surface area contributed by atoms with Crippen LogP contribution >= 0.6 is 11.8 Å². The first kappa shape index (κ1) is 18.3. The normalized spacial score (nSPS) is 16.6. The van der Waals surface area contributed by atoms with E-state index in [0.717, 1.165) is 11.4 Å². The number of carboxylic acids is 1. The van der Waals surface area contributed by atoms with Crippen molar-refractivity contribution in [3.63, 3.8) is 0 Å². The summed E-state index contributed by atoms with van der Waals surface area (Å²) >= 11 is 1.26. The molecule has 4 nitrogen and oxygen atoms in total. The minimum atomic E-state index is -0.981. The Bertz CT molecular complexity index is 902. The number of allylic oxidation sites excluding steroid dienone is 2. The molecule has 1 heterocycles. The van der Waals surface area contributed by atoms with Gasteiger partial charge in [0.2, 0.25) is 0 Å². The second kappa shape index (κ2) is 7.00. The molecule has 0 atom stereocenters. The van der Waals surface area contributed by atoms with Crippen molar-refractivity contribution < 1.29 is 14.7 Å². The van der Waals surface area contributed by atoms with Gasteiger partial charge in [-0.1, -0.05) is 44.2 Å². The number of carbonyl (C=O) groups excluding carboxylic acids is 1. The third kappa shape index (κ3) is 3.27. The van der Waals surface area contributed by atoms with Gasteiger partial charge in [-0.05, 0) is 23.8 Å². The highest BCUT2D eigenvalue weighted by Crippen LogP contribution is 2.46. The lowest BCUT2D eigenvalue weighted by Gasteiger charge is -2.23. The standard InChI is InChI=1S/C21H21NO3S/c1-21(2)16-9-5-6-10-17(16)22(3)19(21)12-14(23)13-26-18-11-7-4-8-15(18)20(24)25/h4-12H,13H2,1-3H3,(H,24,25)/b19-12+. The first-order valence-electron chi connectivity index (χ1n) is 8.35. The molecule has 0 amide bonds. The molecule has 0 saturated heterocycles. The van der Waals surface area contributed by atoms with E-state index in [0.29, 0.717) is 4.90 Å². The Labute approximate surface area is 157 Å². The van der Waals surface area contributed by atoms with E-state index in [1.165, 1.54) is 17.3 Å². The van der Waals surface area contributed by atoms with Crippen molar-refractivity contribution in [3.8, 4) is 0 Å². The quantitative estimate of drug-likeness (QED) is 0.629. The number of thioether (sulfide) groups is 1. The molecule has 2 aromatic rings. The summed E-state index contributed by atoms with van der Waals surface area (Å²) in [4.78, 5) is 26.5. The van der Waals surface area contributed by atoms with Crippen LogP contribution < -0.4 is 4.90 Å². The van der Waals surface area contributed by atoms with Gasteiger partial charge in [0.25, 0.3) is 0 Å². The fourth-order valence-electron chi connectivity index (χ4n) is 3.37. The second-order valence-electron chi connectivity index (χ2n) is 6.79. The van der Waals surface area contributed by atoms with Crippen molar-refractivity contribution >= 4 is 29.2 Å². The zero-order valence-electron chi connectivity index (χ0n) is 15.0. The van der Waals surface area contributed by atoms with Crippen LogP contribution in [0.5, 0.6) is 0 Å². The van der Waals surface area contributed by atoms with Crippen molar-refractivity contribution in [2.24, 2.45) is 0 Å². The van der Waals surface area contributed by atoms with Crippen LogP contribution in [0.4, 0.5) is 5.69 Å². The molecule has 0 fully saturated rings. The first-order valence-corrected chi connectivity index (χ1v) is 9.34. The number of nitrogens with zero attached hydrogens (tertiary/aromatic N) is 1. The molecule has 0 bridgehead atoms. The van der Waals surface area contributed by atoms with Crippen LogP contribution in [0.2, 0.25) is 0 Å². The average Bonchev–Trinajstić information content (AvgIpc) is 2.81. The minimum absolute atomic E-state index is 0.0297. The second-order valence-corrected chi connectivity index (χ2v) is 7.80. The maximum atomic E-state index is 12.6. The third-order valence-corrected chi connectivity index (χ3v) is 5.82. The van der Waals surface area contributed by atoms with Gasteiger partial charge < -0.3 is 10.0 Å². The van der Waals surface area contributed by atoms with E-state index in [2.05, 4.69) is 30.9 Å². The number of carboxylic acid groups (broad SMARTS) is 1. The monoisotopic (exact) mass is 367 g/mol. The van der Waals surface area contributed by atoms with E-state index >= 15 is 0 Å². The topological polar surface area (TPSA) is 57.6 Å². The molecule has 0 radical (unpaired) electrons. The summed E-state index contributed by atoms with van der Waals surface area (Å²) in [5.74, 6) is -0.808. The molecule has 0 aliphatic carbocycles. The molecular formula is C21H21NO3S. The summed E-state index contributed by atoms with van der Waals surface area (Å²) in [6.45, 7) is 4.22. The molecule has 0 aromatic heterocycles. The van der Waals surface area contributed by atoms with Gasteiger partial charge in [-0.15, -0.1) is 11.8 Å². The largest absolute Gasteiger partial charge is 0.478 e. The number of benzene rings is 2. The average molecular weight is 367 g/mol. The predicted molar refractivity (Wildman–Crippen MR) is 105 cm³/mol. The summed E-state index contributed by atoms with van der Waals surface area (Å²) in [5, 5.41) is 9.25. The van der Waals surface area contributed by atoms with E-state index < -0.39 is 5.97 Å². The number of anilines is 1. The molecular weight excluding hydrogens is 346 g/mol. The maximum Gasteiger partial charge on any atom is 0.336 e. The molecule has 0 saturated carbocycles. The van der Waals surface area contributed by atoms with Crippen LogP contribution in [0, 0.1) is 0 Å². The van der Waals surface area contributed by atoms with Gasteiger partial charge in [0.1, 0.15) is 0 Å². The summed E-state index contributed by atoms with van der Waals surface area (Å²) in [7, 11) is 1.97. The fourth-order valence-corrected chi connectivity index (χ4v) is 4.24. The smallest absolute Gasteiger partial charge is 0.336 e. The Morgan fingerprint density at radius 3 is 2.46 bits per heavy atom. The Balaban J connectivity index is 1.79. The van der Waals surface area contributed by atoms with Crippen LogP contribution in [-0.2, 0) is 10.2 Å². The van der Waals surface area contributed by atoms with Crippen molar-refractivity contribution in [2.75, 3.05) is 17.7 Å². The van der Waals surface area contributed by atoms with Gasteiger partial charge in [0.15, 0.2) is 5.78 Å². The molecule has 1 aliphatic heterocycles. The van der Waals surface area contributed by atoms with Crippen molar-refractivity contribution in [1.29, 1.82) is 0 Å². The van der Waals surface area contributed by atoms with Crippen LogP contribution in [-0.4, -0.2) is 29.7 Å². The number of rotatable bonds is 5. The molecule has 0 spiro atoms. The number of hydrogen-bond acceptors (Lipinski definition) is 4. The highest BCUT2D eigenvalue weighted by Gasteiger charge is 2.38. The van der Waals surface area contributed by atoms with Gasteiger partial charge in [0, 0.05) is 34.8 Å². The Morgan fingerprint density at radius 2 is 1.77 bits per heavy atom. The summed E-state index contributed by atoms with van der Waals surface area (Å²) in [6.07, 6.45) is 1.69. The number of carbonyl (C=O) groups is 2. The molecule has 2 aromatic carbocycles. The van der Waals surface area contributed by atoms with Gasteiger partial charge in [-0.3, -0.25) is 4.79 Å². The molecule has 3 rings (SSSR count). The van der Waals surface area contributed by atoms with Crippen molar-refractivity contribution in [3.05, 3.63) is 71.4 Å². The zero-order chi connectivity index (χ0) is 18.9. The number of aromatic carboxylic acids is 1. The van der Waals surface area contributed by atoms with Gasteiger partial charge in [-0.2, -0.15) is 0 Å². The van der Waals surface area contributed by atoms with E-state index in [-0.39, 0.29) is 22.5 Å². The van der Waals surface area contributed by atoms with Crippen LogP contribution in [0.1, 0.15) is 29.8 Å². The number of fused-ring (bicyclic) bond motifs is 1. The van der Waals surface area contributed by atoms with Gasteiger partial charge >= 0.3 is 5.97 Å². The third-order valence-electron chi connectivity index (χ3n) is 4.73. The summed E-state index contributed by atoms with van der Waals surface area (Å²) in [6, 6.07) is 14.9. The summed E-state index contributed by atoms with van der Waals surface area (Å²) in [5.41, 5.74) is 3.25. The highest BCUT2D eigenvalue weighted by atomic mass is 32.2. The Hall–Kier alpha value is -2.53. The lowest BCUT2D eigenvalue weighted by atomic mass is 9.83. The minimum Gasteiger partial charge on any atom is -0.478 e. The van der Waals surface area contributed by atoms with Crippen molar-refractivity contribution in [2.45, 2.75) is 24.2 Å². The van der Waals surface area contributed by atoms with E-state index in [9.17, 15) is 14.7 Å². The number of hydrogen-bond donors (Lipinski definition) is 1. The lowest BCUT2D eigenvalue weighted by Crippen LogP contribution is -2.24. The maximum absolute atomic E-state index is 12.6. The zero-order valence-corrected chi connectivity index (χ0v) is 15.8. The number of para-hydroxylation sites is 1. The van der Waals surface area contributed by atoms with Gasteiger partial charge in [0.05, 0.1) is 11.3 Å². The fraction of sp³-hybridized carbons (Fsp3) is 0.238. The number of likely N-dealkylation sites (N-methyl/N-ethyl adjacent to an activating group) is 1. The van der Waals surface area contributed by atoms with E-state index in [1.807, 2.05) is 19.2 Å². The molecule has 26 heavy (non-hydrogen) atoms. The Morgan fingerprint density at radius 1 is 1.12 bits per heavy atom. The van der Waals surface area contributed by atoms with Crippen LogP contribution in [0.25, 0.3) is 0 Å². The summed E-state index contributed by atoms with van der Waals surface area (Å²) < 4.78 is 0.